The van der Waals surface area contributed by atoms with E-state index in [0.717, 1.165) is 18.5 Å². The van der Waals surface area contributed by atoms with Crippen LogP contribution in [0.4, 0.5) is 0 Å². The maximum Gasteiger partial charge on any atom is 0.0471 e. The van der Waals surface area contributed by atoms with Gasteiger partial charge in [0.15, 0.2) is 0 Å². The average molecular weight is 229 g/mol. The first-order valence-electron chi connectivity index (χ1n) is 6.19. The molecular weight excluding hydrogens is 206 g/mol. The van der Waals surface area contributed by atoms with E-state index in [4.69, 9.17) is 4.74 Å². The molecule has 0 radical (unpaired) electrons. The van der Waals surface area contributed by atoms with E-state index in [2.05, 4.69) is 24.0 Å². The molecule has 0 spiro atoms. The van der Waals surface area contributed by atoms with Gasteiger partial charge in [-0.05, 0) is 36.9 Å². The van der Waals surface area contributed by atoms with Crippen molar-refractivity contribution in [1.82, 2.24) is 5.32 Å². The van der Waals surface area contributed by atoms with Crippen LogP contribution in [0.5, 0.6) is 0 Å². The van der Waals surface area contributed by atoms with Crippen LogP contribution in [0.2, 0.25) is 0 Å². The third-order valence-electron chi connectivity index (χ3n) is 3.65. The van der Waals surface area contributed by atoms with Gasteiger partial charge in [-0.25, -0.2) is 0 Å². The maximum absolute atomic E-state index is 5.41. The molecule has 1 unspecified atom stereocenters. The van der Waals surface area contributed by atoms with Gasteiger partial charge in [-0.1, -0.05) is 6.92 Å². The van der Waals surface area contributed by atoms with E-state index in [0.29, 0.717) is 5.41 Å². The van der Waals surface area contributed by atoms with Gasteiger partial charge in [-0.2, -0.15) is 11.8 Å². The van der Waals surface area contributed by atoms with Gasteiger partial charge >= 0.3 is 0 Å². The van der Waals surface area contributed by atoms with Crippen LogP contribution in [0.25, 0.3) is 0 Å². The lowest BCUT2D eigenvalue weighted by Gasteiger charge is -2.34. The second kappa shape index (κ2) is 5.55. The predicted octanol–water partition coefficient (Wildman–Crippen LogP) is 2.29. The molecule has 2 aliphatic rings. The van der Waals surface area contributed by atoms with Gasteiger partial charge in [0.25, 0.3) is 0 Å². The second-order valence-corrected chi connectivity index (χ2v) is 6.60. The van der Waals surface area contributed by atoms with Crippen LogP contribution in [0.15, 0.2) is 0 Å². The molecular formula is C12H23NOS. The summed E-state index contributed by atoms with van der Waals surface area (Å²) in [6, 6.07) is 0. The van der Waals surface area contributed by atoms with Crippen molar-refractivity contribution in [1.29, 1.82) is 0 Å². The van der Waals surface area contributed by atoms with Crippen molar-refractivity contribution in [3.63, 3.8) is 0 Å². The minimum absolute atomic E-state index is 0.488. The Bertz CT molecular complexity index is 186. The lowest BCUT2D eigenvalue weighted by atomic mass is 9.82. The van der Waals surface area contributed by atoms with E-state index >= 15 is 0 Å². The number of rotatable bonds is 4. The number of thioether (sulfide) groups is 1. The minimum Gasteiger partial charge on any atom is -0.381 e. The lowest BCUT2D eigenvalue weighted by Crippen LogP contribution is -2.38. The van der Waals surface area contributed by atoms with Crippen LogP contribution in [-0.2, 0) is 4.74 Å². The van der Waals surface area contributed by atoms with E-state index in [1.165, 1.54) is 44.5 Å². The normalized spacial score (nSPS) is 30.6. The van der Waals surface area contributed by atoms with E-state index in [-0.39, 0.29) is 0 Å². The molecule has 0 amide bonds. The Morgan fingerprint density at radius 2 is 2.20 bits per heavy atom. The molecule has 88 valence electrons. The van der Waals surface area contributed by atoms with Crippen LogP contribution in [0, 0.1) is 5.41 Å². The molecule has 2 heterocycles. The Labute approximate surface area is 97.5 Å². The number of hydrogen-bond donors (Lipinski definition) is 1. The fourth-order valence-corrected chi connectivity index (χ4v) is 3.62. The van der Waals surface area contributed by atoms with Crippen LogP contribution in [0.3, 0.4) is 0 Å². The molecule has 2 aliphatic heterocycles. The quantitative estimate of drug-likeness (QED) is 0.799. The van der Waals surface area contributed by atoms with Crippen LogP contribution >= 0.6 is 11.8 Å². The van der Waals surface area contributed by atoms with Crippen molar-refractivity contribution < 1.29 is 4.74 Å². The van der Waals surface area contributed by atoms with E-state index < -0.39 is 0 Å². The first-order valence-corrected chi connectivity index (χ1v) is 7.23. The van der Waals surface area contributed by atoms with Crippen LogP contribution < -0.4 is 5.32 Å². The predicted molar refractivity (Wildman–Crippen MR) is 66.5 cm³/mol. The molecule has 0 aromatic carbocycles. The van der Waals surface area contributed by atoms with Gasteiger partial charge in [-0.3, -0.25) is 0 Å². The van der Waals surface area contributed by atoms with Crippen molar-refractivity contribution >= 4 is 11.8 Å². The van der Waals surface area contributed by atoms with Crippen molar-refractivity contribution in [3.05, 3.63) is 0 Å². The molecule has 15 heavy (non-hydrogen) atoms. The second-order valence-electron chi connectivity index (χ2n) is 5.19. The molecule has 2 rings (SSSR count). The Hall–Kier alpha value is 0.270. The molecule has 0 aromatic heterocycles. The molecule has 0 aliphatic carbocycles. The Balaban J connectivity index is 1.63. The summed E-state index contributed by atoms with van der Waals surface area (Å²) in [4.78, 5) is 0. The summed E-state index contributed by atoms with van der Waals surface area (Å²) in [5.74, 6) is 1.37. The third kappa shape index (κ3) is 3.65. The van der Waals surface area contributed by atoms with Crippen molar-refractivity contribution in [2.45, 2.75) is 37.9 Å². The summed E-state index contributed by atoms with van der Waals surface area (Å²) in [6.45, 7) is 6.69. The van der Waals surface area contributed by atoms with Gasteiger partial charge in [0.2, 0.25) is 0 Å². The smallest absolute Gasteiger partial charge is 0.0471 e. The van der Waals surface area contributed by atoms with Crippen LogP contribution in [0.1, 0.15) is 32.6 Å². The van der Waals surface area contributed by atoms with E-state index in [9.17, 15) is 0 Å². The highest BCUT2D eigenvalue weighted by Crippen LogP contribution is 2.29. The van der Waals surface area contributed by atoms with E-state index in [1.54, 1.807) is 0 Å². The summed E-state index contributed by atoms with van der Waals surface area (Å²) < 4.78 is 5.41. The van der Waals surface area contributed by atoms with Gasteiger partial charge in [0.1, 0.15) is 0 Å². The highest BCUT2D eigenvalue weighted by Gasteiger charge is 2.27. The molecule has 2 fully saturated rings. The Kier molecular flexibility index (Phi) is 4.35. The summed E-state index contributed by atoms with van der Waals surface area (Å²) >= 11 is 2.14. The monoisotopic (exact) mass is 229 g/mol. The summed E-state index contributed by atoms with van der Waals surface area (Å²) in [5.41, 5.74) is 0.488. The van der Waals surface area contributed by atoms with Gasteiger partial charge in [0, 0.05) is 31.6 Å². The van der Waals surface area contributed by atoms with Crippen molar-refractivity contribution in [2.75, 3.05) is 32.1 Å². The Morgan fingerprint density at radius 3 is 2.87 bits per heavy atom. The highest BCUT2D eigenvalue weighted by atomic mass is 32.2. The van der Waals surface area contributed by atoms with Gasteiger partial charge in [0.05, 0.1) is 0 Å². The standard InChI is InChI=1S/C12H23NOS/c1-12(4-6-14-7-5-12)10-13-9-11-3-2-8-15-11/h11,13H,2-10H2,1H3. The topological polar surface area (TPSA) is 21.3 Å². The first-order chi connectivity index (χ1) is 7.29. The molecule has 2 saturated heterocycles. The van der Waals surface area contributed by atoms with Crippen molar-refractivity contribution in [3.8, 4) is 0 Å². The molecule has 0 bridgehead atoms. The number of hydrogen-bond acceptors (Lipinski definition) is 3. The largest absolute Gasteiger partial charge is 0.381 e. The zero-order valence-corrected chi connectivity index (χ0v) is 10.6. The molecule has 1 atom stereocenters. The maximum atomic E-state index is 5.41. The summed E-state index contributed by atoms with van der Waals surface area (Å²) in [5, 5.41) is 4.54. The first kappa shape index (κ1) is 11.7. The molecule has 2 nitrogen and oxygen atoms in total. The van der Waals surface area contributed by atoms with Crippen molar-refractivity contribution in [2.24, 2.45) is 5.41 Å². The average Bonchev–Trinajstić information content (AvgIpc) is 2.71. The SMILES string of the molecule is CC1(CNCC2CCCS2)CCOCC1. The van der Waals surface area contributed by atoms with Gasteiger partial charge < -0.3 is 10.1 Å². The fraction of sp³-hybridized carbons (Fsp3) is 1.00. The summed E-state index contributed by atoms with van der Waals surface area (Å²) in [6.07, 6.45) is 5.27. The van der Waals surface area contributed by atoms with Gasteiger partial charge in [-0.15, -0.1) is 0 Å². The third-order valence-corrected chi connectivity index (χ3v) is 5.05. The highest BCUT2D eigenvalue weighted by molar-refractivity contribution is 8.00. The van der Waals surface area contributed by atoms with Crippen LogP contribution in [-0.4, -0.2) is 37.3 Å². The summed E-state index contributed by atoms with van der Waals surface area (Å²) in [7, 11) is 0. The van der Waals surface area contributed by atoms with E-state index in [1.807, 2.05) is 0 Å². The molecule has 3 heteroatoms. The molecule has 1 N–H and O–H groups in total. The zero-order valence-electron chi connectivity index (χ0n) is 9.76. The molecule has 0 aromatic rings. The molecule has 0 saturated carbocycles. The number of nitrogens with one attached hydrogen (secondary N) is 1. The zero-order chi connectivity index (χ0) is 10.6. The minimum atomic E-state index is 0.488. The Morgan fingerprint density at radius 1 is 1.40 bits per heavy atom. The lowest BCUT2D eigenvalue weighted by molar-refractivity contribution is 0.0242. The number of ether oxygens (including phenoxy) is 1. The fourth-order valence-electron chi connectivity index (χ4n) is 2.38.